The van der Waals surface area contributed by atoms with Gasteiger partial charge in [0.15, 0.2) is 5.69 Å². The van der Waals surface area contributed by atoms with E-state index < -0.39 is 40.1 Å². The molecule has 0 aromatic carbocycles. The summed E-state index contributed by atoms with van der Waals surface area (Å²) in [4.78, 5) is 22.3. The molecule has 0 aliphatic carbocycles. The lowest BCUT2D eigenvalue weighted by molar-refractivity contribution is -0.388. The van der Waals surface area contributed by atoms with Gasteiger partial charge in [-0.05, 0) is 0 Å². The van der Waals surface area contributed by atoms with Gasteiger partial charge in [0.05, 0.1) is 10.5 Å². The second-order valence-corrected chi connectivity index (χ2v) is 2.58. The Balaban J connectivity index is 3.54. The molecule has 0 amide bonds. The number of carboxylic acid groups (broad SMARTS) is 1. The monoisotopic (exact) mass is 236 g/mol. The second kappa shape index (κ2) is 4.13. The number of halogens is 3. The van der Waals surface area contributed by atoms with Gasteiger partial charge in [0.2, 0.25) is 5.82 Å². The SMILES string of the molecule is O=C(O)c1ncc([N+](=O)[O-])c(F)c1C(F)F. The molecular weight excluding hydrogens is 233 g/mol. The Morgan fingerprint density at radius 2 is 2.12 bits per heavy atom. The number of carbonyl (C=O) groups is 1. The van der Waals surface area contributed by atoms with Gasteiger partial charge in [-0.2, -0.15) is 4.39 Å². The summed E-state index contributed by atoms with van der Waals surface area (Å²) in [6.07, 6.45) is -3.22. The van der Waals surface area contributed by atoms with Crippen molar-refractivity contribution >= 4 is 11.7 Å². The minimum atomic E-state index is -3.50. The third-order valence-electron chi connectivity index (χ3n) is 1.65. The standard InChI is InChI=1S/C7H3F3N2O4/c8-4-2(12(15)16)1-11-5(7(13)14)3(4)6(9)10/h1,6H,(H,13,14). The van der Waals surface area contributed by atoms with Crippen molar-refractivity contribution in [3.8, 4) is 0 Å². The predicted octanol–water partition coefficient (Wildman–Crippen LogP) is 1.76. The lowest BCUT2D eigenvalue weighted by Crippen LogP contribution is -2.10. The quantitative estimate of drug-likeness (QED) is 0.637. The fourth-order valence-corrected chi connectivity index (χ4v) is 0.991. The summed E-state index contributed by atoms with van der Waals surface area (Å²) >= 11 is 0. The topological polar surface area (TPSA) is 93.3 Å². The number of nitrogens with zero attached hydrogens (tertiary/aromatic N) is 2. The molecule has 1 rings (SSSR count). The molecule has 0 fully saturated rings. The lowest BCUT2D eigenvalue weighted by Gasteiger charge is -2.05. The molecule has 0 bridgehead atoms. The van der Waals surface area contributed by atoms with Gasteiger partial charge in [-0.1, -0.05) is 0 Å². The van der Waals surface area contributed by atoms with Gasteiger partial charge in [-0.3, -0.25) is 10.1 Å². The van der Waals surface area contributed by atoms with Crippen molar-refractivity contribution < 1.29 is 28.0 Å². The van der Waals surface area contributed by atoms with Gasteiger partial charge in [0, 0.05) is 0 Å². The van der Waals surface area contributed by atoms with Crippen LogP contribution in [-0.4, -0.2) is 21.0 Å². The smallest absolute Gasteiger partial charge is 0.355 e. The molecular formula is C7H3F3N2O4. The molecule has 0 atom stereocenters. The van der Waals surface area contributed by atoms with Gasteiger partial charge in [-0.15, -0.1) is 0 Å². The molecule has 9 heteroatoms. The van der Waals surface area contributed by atoms with Crippen LogP contribution in [0.1, 0.15) is 22.5 Å². The number of hydrogen-bond acceptors (Lipinski definition) is 4. The normalized spacial score (nSPS) is 10.5. The summed E-state index contributed by atoms with van der Waals surface area (Å²) in [6.45, 7) is 0. The number of aromatic carboxylic acids is 1. The Bertz CT molecular complexity index is 463. The number of hydrogen-bond donors (Lipinski definition) is 1. The Morgan fingerprint density at radius 3 is 2.50 bits per heavy atom. The summed E-state index contributed by atoms with van der Waals surface area (Å²) in [5, 5.41) is 18.6. The van der Waals surface area contributed by atoms with E-state index in [0.29, 0.717) is 0 Å². The fraction of sp³-hybridized carbons (Fsp3) is 0.143. The number of carboxylic acids is 1. The number of alkyl halides is 2. The zero-order chi connectivity index (χ0) is 12.5. The van der Waals surface area contributed by atoms with Gasteiger partial charge in [-0.25, -0.2) is 18.6 Å². The first-order valence-electron chi connectivity index (χ1n) is 3.70. The van der Waals surface area contributed by atoms with Crippen LogP contribution in [0.2, 0.25) is 0 Å². The molecule has 0 radical (unpaired) electrons. The number of aromatic nitrogens is 1. The summed E-state index contributed by atoms with van der Waals surface area (Å²) in [7, 11) is 0. The van der Waals surface area contributed by atoms with Crippen LogP contribution in [-0.2, 0) is 0 Å². The Hall–Kier alpha value is -2.19. The van der Waals surface area contributed by atoms with Crippen molar-refractivity contribution in [2.45, 2.75) is 6.43 Å². The fourth-order valence-electron chi connectivity index (χ4n) is 0.991. The van der Waals surface area contributed by atoms with E-state index in [-0.39, 0.29) is 6.20 Å². The summed E-state index contributed by atoms with van der Waals surface area (Å²) in [5.74, 6) is -3.77. The molecule has 1 aromatic rings. The number of pyridine rings is 1. The highest BCUT2D eigenvalue weighted by Crippen LogP contribution is 2.29. The van der Waals surface area contributed by atoms with E-state index in [1.807, 2.05) is 0 Å². The van der Waals surface area contributed by atoms with Crippen LogP contribution in [0.25, 0.3) is 0 Å². The molecule has 1 heterocycles. The Morgan fingerprint density at radius 1 is 1.56 bits per heavy atom. The zero-order valence-corrected chi connectivity index (χ0v) is 7.35. The van der Waals surface area contributed by atoms with Crippen LogP contribution >= 0.6 is 0 Å². The highest BCUT2D eigenvalue weighted by Gasteiger charge is 2.30. The summed E-state index contributed by atoms with van der Waals surface area (Å²) in [6, 6.07) is 0. The van der Waals surface area contributed by atoms with Crippen molar-refractivity contribution in [2.24, 2.45) is 0 Å². The third kappa shape index (κ3) is 1.92. The molecule has 0 aliphatic rings. The molecule has 1 aromatic heterocycles. The molecule has 6 nitrogen and oxygen atoms in total. The lowest BCUT2D eigenvalue weighted by atomic mass is 10.1. The molecule has 0 saturated heterocycles. The van der Waals surface area contributed by atoms with E-state index in [1.54, 1.807) is 0 Å². The van der Waals surface area contributed by atoms with Gasteiger partial charge in [0.1, 0.15) is 6.20 Å². The van der Waals surface area contributed by atoms with Crippen LogP contribution in [0, 0.1) is 15.9 Å². The minimum absolute atomic E-state index is 0.282. The van der Waals surface area contributed by atoms with E-state index >= 15 is 0 Å². The number of nitro groups is 1. The van der Waals surface area contributed by atoms with Gasteiger partial charge in [0.25, 0.3) is 6.43 Å². The number of rotatable bonds is 3. The van der Waals surface area contributed by atoms with Crippen LogP contribution in [0.15, 0.2) is 6.20 Å². The molecule has 0 unspecified atom stereocenters. The summed E-state index contributed by atoms with van der Waals surface area (Å²) < 4.78 is 37.8. The van der Waals surface area contributed by atoms with E-state index in [0.717, 1.165) is 0 Å². The largest absolute Gasteiger partial charge is 0.476 e. The third-order valence-corrected chi connectivity index (χ3v) is 1.65. The van der Waals surface area contributed by atoms with E-state index in [2.05, 4.69) is 4.98 Å². The molecule has 86 valence electrons. The molecule has 16 heavy (non-hydrogen) atoms. The minimum Gasteiger partial charge on any atom is -0.476 e. The van der Waals surface area contributed by atoms with Crippen molar-refractivity contribution in [1.29, 1.82) is 0 Å². The maximum Gasteiger partial charge on any atom is 0.355 e. The second-order valence-electron chi connectivity index (χ2n) is 2.58. The maximum atomic E-state index is 13.2. The van der Waals surface area contributed by atoms with Crippen molar-refractivity contribution in [3.05, 3.63) is 33.4 Å². The van der Waals surface area contributed by atoms with Crippen LogP contribution < -0.4 is 0 Å². The maximum absolute atomic E-state index is 13.2. The van der Waals surface area contributed by atoms with E-state index in [9.17, 15) is 28.1 Å². The average molecular weight is 236 g/mol. The first-order chi connectivity index (χ1) is 7.36. The Kier molecular flexibility index (Phi) is 3.06. The summed E-state index contributed by atoms with van der Waals surface area (Å²) in [5.41, 5.74) is -4.11. The average Bonchev–Trinajstić information content (AvgIpc) is 2.15. The van der Waals surface area contributed by atoms with Crippen LogP contribution in [0.5, 0.6) is 0 Å². The molecule has 1 N–H and O–H groups in total. The molecule has 0 aliphatic heterocycles. The highest BCUT2D eigenvalue weighted by molar-refractivity contribution is 5.87. The van der Waals surface area contributed by atoms with Crippen molar-refractivity contribution in [2.75, 3.05) is 0 Å². The Labute approximate surface area is 85.5 Å². The molecule has 0 spiro atoms. The highest BCUT2D eigenvalue weighted by atomic mass is 19.3. The predicted molar refractivity (Wildman–Crippen MR) is 42.8 cm³/mol. The van der Waals surface area contributed by atoms with E-state index in [4.69, 9.17) is 5.11 Å². The first kappa shape index (κ1) is 11.9. The first-order valence-corrected chi connectivity index (χ1v) is 3.70. The zero-order valence-electron chi connectivity index (χ0n) is 7.35. The van der Waals surface area contributed by atoms with Crippen molar-refractivity contribution in [3.63, 3.8) is 0 Å². The molecule has 0 saturated carbocycles. The van der Waals surface area contributed by atoms with Gasteiger partial charge < -0.3 is 5.11 Å². The van der Waals surface area contributed by atoms with Crippen LogP contribution in [0.4, 0.5) is 18.9 Å². The van der Waals surface area contributed by atoms with Crippen LogP contribution in [0.3, 0.4) is 0 Å². The van der Waals surface area contributed by atoms with Gasteiger partial charge >= 0.3 is 11.7 Å². The van der Waals surface area contributed by atoms with Crippen molar-refractivity contribution in [1.82, 2.24) is 4.98 Å². The van der Waals surface area contributed by atoms with E-state index in [1.165, 1.54) is 0 Å².